The number of anilines is 2. The summed E-state index contributed by atoms with van der Waals surface area (Å²) in [4.78, 5) is 23.3. The predicted molar refractivity (Wildman–Crippen MR) is 98.2 cm³/mol. The van der Waals surface area contributed by atoms with E-state index in [4.69, 9.17) is 0 Å². The van der Waals surface area contributed by atoms with Crippen LogP contribution in [-0.2, 0) is 19.6 Å². The molecule has 0 saturated carbocycles. The van der Waals surface area contributed by atoms with Crippen molar-refractivity contribution in [3.05, 3.63) is 53.6 Å². The largest absolute Gasteiger partial charge is 0.324 e. The van der Waals surface area contributed by atoms with Crippen LogP contribution in [0.4, 0.5) is 11.4 Å². The molecule has 0 unspecified atom stereocenters. The maximum Gasteiger partial charge on any atom is 0.241 e. The van der Waals surface area contributed by atoms with Crippen LogP contribution in [0.5, 0.6) is 0 Å². The number of carbonyl (C=O) groups excluding carboxylic acids is 2. The Morgan fingerprint density at radius 2 is 1.65 bits per heavy atom. The molecule has 1 atom stereocenters. The fourth-order valence-electron chi connectivity index (χ4n) is 2.87. The number of hydrogen-bond acceptors (Lipinski definition) is 4. The van der Waals surface area contributed by atoms with Crippen LogP contribution in [0.25, 0.3) is 0 Å². The minimum Gasteiger partial charge on any atom is -0.324 e. The maximum absolute atomic E-state index is 12.7. The highest BCUT2D eigenvalue weighted by Crippen LogP contribution is 2.28. The van der Waals surface area contributed by atoms with Gasteiger partial charge in [0.1, 0.15) is 6.42 Å². The Bertz CT molecular complexity index is 986. The lowest BCUT2D eigenvalue weighted by Gasteiger charge is -2.17. The zero-order chi connectivity index (χ0) is 18.9. The molecule has 26 heavy (non-hydrogen) atoms. The average molecular weight is 373 g/mol. The first kappa shape index (κ1) is 18.1. The number of sulfonamides is 1. The van der Waals surface area contributed by atoms with Gasteiger partial charge >= 0.3 is 0 Å². The van der Waals surface area contributed by atoms with Crippen LogP contribution in [0.15, 0.2) is 47.4 Å². The van der Waals surface area contributed by atoms with Crippen LogP contribution < -0.4 is 15.4 Å². The minimum absolute atomic E-state index is 0.00753. The molecule has 1 heterocycles. The molecular formula is C18H19N3O4S. The van der Waals surface area contributed by atoms with Gasteiger partial charge in [-0.2, -0.15) is 0 Å². The molecule has 136 valence electrons. The third kappa shape index (κ3) is 3.76. The zero-order valence-electron chi connectivity index (χ0n) is 14.4. The molecule has 0 radical (unpaired) electrons. The Hall–Kier alpha value is -2.71. The van der Waals surface area contributed by atoms with Gasteiger partial charge in [-0.1, -0.05) is 24.3 Å². The number of amides is 2. The Morgan fingerprint density at radius 1 is 1.00 bits per heavy atom. The molecular weight excluding hydrogens is 354 g/mol. The summed E-state index contributed by atoms with van der Waals surface area (Å²) in [6.45, 7) is 3.69. The minimum atomic E-state index is -3.81. The van der Waals surface area contributed by atoms with Gasteiger partial charge < -0.3 is 10.6 Å². The quantitative estimate of drug-likeness (QED) is 0.715. The normalized spacial score (nSPS) is 15.5. The number of hydrogen-bond donors (Lipinski definition) is 3. The molecule has 2 aromatic carbocycles. The number of rotatable bonds is 4. The third-order valence-corrected chi connectivity index (χ3v) is 5.70. The summed E-state index contributed by atoms with van der Waals surface area (Å²) in [6.07, 6.45) is -0.306. The lowest BCUT2D eigenvalue weighted by atomic mass is 10.0. The second kappa shape index (κ2) is 6.89. The van der Waals surface area contributed by atoms with Crippen molar-refractivity contribution in [2.24, 2.45) is 0 Å². The highest BCUT2D eigenvalue weighted by atomic mass is 32.2. The lowest BCUT2D eigenvalue weighted by molar-refractivity contribution is -0.123. The topological polar surface area (TPSA) is 104 Å². The van der Waals surface area contributed by atoms with Crippen LogP contribution in [0.3, 0.4) is 0 Å². The van der Waals surface area contributed by atoms with E-state index in [0.29, 0.717) is 5.69 Å². The van der Waals surface area contributed by atoms with Gasteiger partial charge in [-0.15, -0.1) is 0 Å². The summed E-state index contributed by atoms with van der Waals surface area (Å²) in [5.41, 5.74) is 2.49. The van der Waals surface area contributed by atoms with Crippen LogP contribution >= 0.6 is 0 Å². The van der Waals surface area contributed by atoms with Crippen molar-refractivity contribution >= 4 is 33.2 Å². The van der Waals surface area contributed by atoms with Gasteiger partial charge in [0.2, 0.25) is 21.8 Å². The van der Waals surface area contributed by atoms with Crippen molar-refractivity contribution in [2.45, 2.75) is 31.2 Å². The number of carbonyl (C=O) groups is 2. The molecule has 3 rings (SSSR count). The molecule has 0 saturated heterocycles. The van der Waals surface area contributed by atoms with Crippen molar-refractivity contribution in [1.29, 1.82) is 0 Å². The Morgan fingerprint density at radius 3 is 2.35 bits per heavy atom. The summed E-state index contributed by atoms with van der Waals surface area (Å²) < 4.78 is 28.1. The number of nitrogens with one attached hydrogen (secondary N) is 3. The van der Waals surface area contributed by atoms with Crippen molar-refractivity contribution in [3.8, 4) is 0 Å². The monoisotopic (exact) mass is 373 g/mol. The molecule has 0 aliphatic carbocycles. The molecule has 2 amide bonds. The Labute approximate surface area is 151 Å². The smallest absolute Gasteiger partial charge is 0.241 e. The summed E-state index contributed by atoms with van der Waals surface area (Å²) in [7, 11) is -3.81. The second-order valence-corrected chi connectivity index (χ2v) is 7.89. The van der Waals surface area contributed by atoms with Gasteiger partial charge in [0.15, 0.2) is 0 Å². The van der Waals surface area contributed by atoms with E-state index in [2.05, 4.69) is 15.4 Å². The highest BCUT2D eigenvalue weighted by Gasteiger charge is 2.23. The SMILES string of the molecule is Cc1ccccc1[C@H](C)NS(=O)(=O)c1ccc2c(c1)NC(=O)CC(=O)N2. The average Bonchev–Trinajstić information content (AvgIpc) is 2.70. The predicted octanol–water partition coefficient (Wildman–Crippen LogP) is 2.32. The summed E-state index contributed by atoms with van der Waals surface area (Å²) in [5, 5.41) is 5.11. The summed E-state index contributed by atoms with van der Waals surface area (Å²) >= 11 is 0. The van der Waals surface area contributed by atoms with Gasteiger partial charge in [0, 0.05) is 6.04 Å². The van der Waals surface area contributed by atoms with Crippen molar-refractivity contribution < 1.29 is 18.0 Å². The first-order valence-corrected chi connectivity index (χ1v) is 9.56. The molecule has 1 aliphatic rings. The second-order valence-electron chi connectivity index (χ2n) is 6.18. The van der Waals surface area contributed by atoms with Gasteiger partial charge in [-0.3, -0.25) is 9.59 Å². The van der Waals surface area contributed by atoms with E-state index in [9.17, 15) is 18.0 Å². The summed E-state index contributed by atoms with van der Waals surface area (Å²) in [5.74, 6) is -0.930. The van der Waals surface area contributed by atoms with E-state index in [0.717, 1.165) is 11.1 Å². The molecule has 8 heteroatoms. The molecule has 0 bridgehead atoms. The third-order valence-electron chi connectivity index (χ3n) is 4.16. The fourth-order valence-corrected chi connectivity index (χ4v) is 4.12. The van der Waals surface area contributed by atoms with Gasteiger partial charge in [-0.25, -0.2) is 13.1 Å². The van der Waals surface area contributed by atoms with Crippen LogP contribution in [0, 0.1) is 6.92 Å². The van der Waals surface area contributed by atoms with E-state index in [1.54, 1.807) is 6.92 Å². The highest BCUT2D eigenvalue weighted by molar-refractivity contribution is 7.89. The van der Waals surface area contributed by atoms with Crippen molar-refractivity contribution in [3.63, 3.8) is 0 Å². The zero-order valence-corrected chi connectivity index (χ0v) is 15.2. The number of benzene rings is 2. The van der Waals surface area contributed by atoms with E-state index < -0.39 is 27.9 Å². The van der Waals surface area contributed by atoms with Gasteiger partial charge in [0.25, 0.3) is 0 Å². The number of fused-ring (bicyclic) bond motifs is 1. The van der Waals surface area contributed by atoms with E-state index >= 15 is 0 Å². The van der Waals surface area contributed by atoms with E-state index in [-0.39, 0.29) is 17.0 Å². The van der Waals surface area contributed by atoms with Gasteiger partial charge in [0.05, 0.1) is 16.3 Å². The molecule has 3 N–H and O–H groups in total. The van der Waals surface area contributed by atoms with Crippen molar-refractivity contribution in [2.75, 3.05) is 10.6 Å². The van der Waals surface area contributed by atoms with Crippen LogP contribution in [-0.4, -0.2) is 20.2 Å². The lowest BCUT2D eigenvalue weighted by Crippen LogP contribution is -2.27. The Balaban J connectivity index is 1.89. The molecule has 2 aromatic rings. The first-order valence-electron chi connectivity index (χ1n) is 8.08. The number of aryl methyl sites for hydroxylation is 1. The standard InChI is InChI=1S/C18H19N3O4S/c1-11-5-3-4-6-14(11)12(2)21-26(24,25)13-7-8-15-16(9-13)20-18(23)10-17(22)19-15/h3-9,12,21H,10H2,1-2H3,(H,19,22)(H,20,23)/t12-/m0/s1. The van der Waals surface area contributed by atoms with E-state index in [1.165, 1.54) is 18.2 Å². The molecule has 0 spiro atoms. The summed E-state index contributed by atoms with van der Waals surface area (Å²) in [6, 6.07) is 11.3. The molecule has 1 aliphatic heterocycles. The molecule has 0 fully saturated rings. The van der Waals surface area contributed by atoms with Crippen molar-refractivity contribution in [1.82, 2.24) is 4.72 Å². The van der Waals surface area contributed by atoms with E-state index in [1.807, 2.05) is 31.2 Å². The Kier molecular flexibility index (Phi) is 4.80. The molecule has 7 nitrogen and oxygen atoms in total. The fraction of sp³-hybridized carbons (Fsp3) is 0.222. The molecule has 0 aromatic heterocycles. The maximum atomic E-state index is 12.7. The first-order chi connectivity index (χ1) is 12.3. The van der Waals surface area contributed by atoms with Crippen LogP contribution in [0.2, 0.25) is 0 Å². The van der Waals surface area contributed by atoms with Crippen LogP contribution in [0.1, 0.15) is 30.5 Å². The van der Waals surface area contributed by atoms with Gasteiger partial charge in [-0.05, 0) is 43.2 Å².